The number of aliphatic carboxylic acids is 1. The Kier molecular flexibility index (Phi) is 6.40. The van der Waals surface area contributed by atoms with Gasteiger partial charge in [-0.3, -0.25) is 19.6 Å². The second kappa shape index (κ2) is 9.19. The number of rotatable bonds is 8. The van der Waals surface area contributed by atoms with E-state index >= 15 is 0 Å². The molecule has 30 heavy (non-hydrogen) atoms. The Bertz CT molecular complexity index is 981. The van der Waals surface area contributed by atoms with Crippen LogP contribution in [0.2, 0.25) is 0 Å². The number of H-pyrrole nitrogens is 1. The molecule has 2 aliphatic heterocycles. The van der Waals surface area contributed by atoms with Gasteiger partial charge in [-0.2, -0.15) is 5.10 Å². The van der Waals surface area contributed by atoms with Gasteiger partial charge in [0.1, 0.15) is 17.1 Å². The first-order chi connectivity index (χ1) is 14.5. The van der Waals surface area contributed by atoms with Gasteiger partial charge in [-0.1, -0.05) is 18.2 Å². The Balaban J connectivity index is 1.38. The monoisotopic (exact) mass is 462 g/mol. The molecule has 2 amide bonds. The molecule has 0 unspecified atom stereocenters. The summed E-state index contributed by atoms with van der Waals surface area (Å²) in [5.41, 5.74) is 0.960. The molecule has 1 aromatic carbocycles. The Hall–Kier alpha value is -2.37. The van der Waals surface area contributed by atoms with E-state index in [1.165, 1.54) is 40.2 Å². The maximum absolute atomic E-state index is 12.7. The van der Waals surface area contributed by atoms with Crippen LogP contribution in [-0.4, -0.2) is 60.9 Å². The van der Waals surface area contributed by atoms with Crippen LogP contribution in [0.3, 0.4) is 0 Å². The number of β-lactam (4-membered cyclic amide) rings is 1. The summed E-state index contributed by atoms with van der Waals surface area (Å²) in [6, 6.07) is 8.83. The number of amides is 2. The van der Waals surface area contributed by atoms with E-state index in [1.54, 1.807) is 12.4 Å². The van der Waals surface area contributed by atoms with Crippen molar-refractivity contribution in [2.75, 3.05) is 11.5 Å². The van der Waals surface area contributed by atoms with Gasteiger partial charge in [0.15, 0.2) is 0 Å². The van der Waals surface area contributed by atoms with Gasteiger partial charge < -0.3 is 10.4 Å². The van der Waals surface area contributed by atoms with Crippen molar-refractivity contribution in [1.29, 1.82) is 0 Å². The number of nitrogens with one attached hydrogen (secondary N) is 2. The number of carboxylic acids is 1. The number of thioether (sulfide) groups is 3. The predicted octanol–water partition coefficient (Wildman–Crippen LogP) is 2.13. The van der Waals surface area contributed by atoms with Crippen LogP contribution in [0.4, 0.5) is 0 Å². The Morgan fingerprint density at radius 1 is 1.30 bits per heavy atom. The Morgan fingerprint density at radius 2 is 2.10 bits per heavy atom. The normalized spacial score (nSPS) is 20.5. The number of fused-ring (bicyclic) bond motifs is 1. The van der Waals surface area contributed by atoms with Gasteiger partial charge in [-0.15, -0.1) is 35.3 Å². The first kappa shape index (κ1) is 20.9. The zero-order valence-electron chi connectivity index (χ0n) is 15.6. The smallest absolute Gasteiger partial charge is 0.353 e. The summed E-state index contributed by atoms with van der Waals surface area (Å²) in [6.07, 6.45) is 3.43. The molecule has 3 heterocycles. The Labute approximate surface area is 185 Å². The molecule has 0 aliphatic carbocycles. The maximum atomic E-state index is 12.7. The Morgan fingerprint density at radius 3 is 2.80 bits per heavy atom. The molecule has 0 spiro atoms. The van der Waals surface area contributed by atoms with Gasteiger partial charge in [0, 0.05) is 33.1 Å². The number of hydrogen-bond acceptors (Lipinski definition) is 7. The topological polar surface area (TPSA) is 115 Å². The van der Waals surface area contributed by atoms with E-state index in [4.69, 9.17) is 0 Å². The second-order valence-corrected chi connectivity index (χ2v) is 9.75. The highest BCUT2D eigenvalue weighted by atomic mass is 32.2. The van der Waals surface area contributed by atoms with Crippen LogP contribution in [0.25, 0.3) is 0 Å². The molecule has 3 N–H and O–H groups in total. The molecule has 0 bridgehead atoms. The van der Waals surface area contributed by atoms with Crippen molar-refractivity contribution in [2.24, 2.45) is 0 Å². The number of carbonyl (C=O) groups is 3. The fourth-order valence-corrected chi connectivity index (χ4v) is 6.39. The molecular weight excluding hydrogens is 444 g/mol. The molecule has 2 atom stereocenters. The molecule has 2 aliphatic rings. The fraction of sp³-hybridized carbons (Fsp3) is 0.263. The van der Waals surface area contributed by atoms with Crippen LogP contribution in [-0.2, 0) is 20.1 Å². The lowest BCUT2D eigenvalue weighted by atomic mass is 10.1. The van der Waals surface area contributed by atoms with Crippen molar-refractivity contribution in [3.05, 3.63) is 58.9 Å². The number of aromatic amines is 1. The highest BCUT2D eigenvalue weighted by Crippen LogP contribution is 2.44. The van der Waals surface area contributed by atoms with Gasteiger partial charge in [0.05, 0.1) is 11.9 Å². The van der Waals surface area contributed by atoms with Crippen LogP contribution < -0.4 is 5.32 Å². The van der Waals surface area contributed by atoms with Crippen molar-refractivity contribution in [3.8, 4) is 0 Å². The predicted molar refractivity (Wildman–Crippen MR) is 117 cm³/mol. The third-order valence-electron chi connectivity index (χ3n) is 4.53. The summed E-state index contributed by atoms with van der Waals surface area (Å²) in [5, 5.41) is 18.7. The van der Waals surface area contributed by atoms with E-state index in [9.17, 15) is 19.5 Å². The van der Waals surface area contributed by atoms with Gasteiger partial charge in [0.2, 0.25) is 5.91 Å². The number of nitrogens with zero attached hydrogens (tertiary/aromatic N) is 2. The molecule has 1 fully saturated rings. The van der Waals surface area contributed by atoms with Crippen LogP contribution >= 0.6 is 35.3 Å². The summed E-state index contributed by atoms with van der Waals surface area (Å²) in [6.45, 7) is 0. The molecular formula is C19H18N4O4S3. The zero-order valence-corrected chi connectivity index (χ0v) is 18.1. The molecule has 4 rings (SSSR count). The number of benzene rings is 1. The summed E-state index contributed by atoms with van der Waals surface area (Å²) in [4.78, 5) is 39.7. The summed E-state index contributed by atoms with van der Waals surface area (Å²) in [7, 11) is 0. The minimum atomic E-state index is -1.13. The summed E-state index contributed by atoms with van der Waals surface area (Å²) in [5.74, 6) is -0.532. The van der Waals surface area contributed by atoms with Crippen molar-refractivity contribution >= 4 is 53.1 Å². The summed E-state index contributed by atoms with van der Waals surface area (Å²) >= 11 is 4.24. The average Bonchev–Trinajstić information content (AvgIpc) is 3.28. The molecule has 11 heteroatoms. The van der Waals surface area contributed by atoms with Crippen LogP contribution in [0.5, 0.6) is 0 Å². The van der Waals surface area contributed by atoms with Crippen molar-refractivity contribution in [3.63, 3.8) is 0 Å². The van der Waals surface area contributed by atoms with E-state index in [0.29, 0.717) is 16.4 Å². The van der Waals surface area contributed by atoms with Crippen LogP contribution in [0, 0.1) is 0 Å². The van der Waals surface area contributed by atoms with Crippen LogP contribution in [0.1, 0.15) is 5.56 Å². The average molecular weight is 463 g/mol. The number of aromatic nitrogens is 2. The van der Waals surface area contributed by atoms with Gasteiger partial charge in [-0.25, -0.2) is 4.79 Å². The summed E-state index contributed by atoms with van der Waals surface area (Å²) < 4.78 is 0. The second-order valence-electron chi connectivity index (χ2n) is 6.53. The zero-order chi connectivity index (χ0) is 21.1. The quantitative estimate of drug-likeness (QED) is 0.404. The lowest BCUT2D eigenvalue weighted by molar-refractivity contribution is -0.150. The SMILES string of the molecule is O=C(CSc1ccccc1)N[C@@H]1C(=O)N2C(C(=O)O)=C(SCc3cn[nH]c3)CS[C@@H]12. The third kappa shape index (κ3) is 4.37. The highest BCUT2D eigenvalue weighted by Gasteiger charge is 2.54. The van der Waals surface area contributed by atoms with Crippen molar-refractivity contribution in [1.82, 2.24) is 20.4 Å². The van der Waals surface area contributed by atoms with Crippen molar-refractivity contribution < 1.29 is 19.5 Å². The lowest BCUT2D eigenvalue weighted by Gasteiger charge is -2.49. The molecule has 0 saturated carbocycles. The van der Waals surface area contributed by atoms with E-state index in [0.717, 1.165) is 10.5 Å². The van der Waals surface area contributed by atoms with E-state index < -0.39 is 17.4 Å². The minimum Gasteiger partial charge on any atom is -0.477 e. The number of carbonyl (C=O) groups excluding carboxylic acids is 2. The van der Waals surface area contributed by atoms with E-state index in [1.807, 2.05) is 30.3 Å². The first-order valence-electron chi connectivity index (χ1n) is 9.03. The van der Waals surface area contributed by atoms with Gasteiger partial charge >= 0.3 is 5.97 Å². The van der Waals surface area contributed by atoms with E-state index in [-0.39, 0.29) is 23.3 Å². The standard InChI is InChI=1S/C19H18N4O4S3/c24-14(10-28-12-4-2-1-3-5-12)22-15-17(25)23-16(19(26)27)13(9-30-18(15)23)29-8-11-6-20-21-7-11/h1-7,15,18H,8-10H2,(H,20,21)(H,22,24)(H,26,27)/t15-,18+/m1/s1. The van der Waals surface area contributed by atoms with Gasteiger partial charge in [0.25, 0.3) is 5.91 Å². The molecule has 0 radical (unpaired) electrons. The molecule has 8 nitrogen and oxygen atoms in total. The maximum Gasteiger partial charge on any atom is 0.353 e. The largest absolute Gasteiger partial charge is 0.477 e. The lowest BCUT2D eigenvalue weighted by Crippen LogP contribution is -2.70. The molecule has 2 aromatic rings. The number of hydrogen-bond donors (Lipinski definition) is 3. The fourth-order valence-electron chi connectivity index (χ4n) is 3.11. The molecule has 1 saturated heterocycles. The van der Waals surface area contributed by atoms with Crippen LogP contribution in [0.15, 0.2) is 58.2 Å². The highest BCUT2D eigenvalue weighted by molar-refractivity contribution is 8.05. The van der Waals surface area contributed by atoms with Crippen molar-refractivity contribution in [2.45, 2.75) is 22.1 Å². The third-order valence-corrected chi connectivity index (χ3v) is 8.17. The molecule has 156 valence electrons. The minimum absolute atomic E-state index is 0.0152. The number of carboxylic acid groups (broad SMARTS) is 1. The van der Waals surface area contributed by atoms with Gasteiger partial charge in [-0.05, 0) is 12.1 Å². The molecule has 1 aromatic heterocycles. The first-order valence-corrected chi connectivity index (χ1v) is 12.1. The van der Waals surface area contributed by atoms with E-state index in [2.05, 4.69) is 15.5 Å².